The second-order valence-electron chi connectivity index (χ2n) is 13.5. The van der Waals surface area contributed by atoms with E-state index in [1.165, 1.54) is 0 Å². The fourth-order valence-corrected chi connectivity index (χ4v) is 10.8. The van der Waals surface area contributed by atoms with E-state index < -0.39 is 31.5 Å². The molecule has 0 bridgehead atoms. The molecular weight excluding hydrogens is 612 g/mol. The zero-order valence-corrected chi connectivity index (χ0v) is 27.8. The highest BCUT2D eigenvalue weighted by molar-refractivity contribution is 6.71. The first-order valence-corrected chi connectivity index (χ1v) is 19.4. The summed E-state index contributed by atoms with van der Waals surface area (Å²) in [7, 11) is -2.96. The first kappa shape index (κ1) is 32.2. The molecule has 0 saturated carbocycles. The lowest BCUT2D eigenvalue weighted by Gasteiger charge is -2.32. The predicted octanol–water partition coefficient (Wildman–Crippen LogP) is 3.75. The van der Waals surface area contributed by atoms with Crippen molar-refractivity contribution in [1.82, 2.24) is 10.2 Å². The Morgan fingerprint density at radius 3 is 2.69 bits per heavy atom. The number of carbonyl (C=O) groups is 3. The van der Waals surface area contributed by atoms with Gasteiger partial charge in [-0.2, -0.15) is 0 Å². The minimum absolute atomic E-state index is 0.0189. The van der Waals surface area contributed by atoms with Crippen LogP contribution in [0.1, 0.15) is 50.2 Å². The molecule has 0 radical (unpaired) electrons. The van der Waals surface area contributed by atoms with E-state index in [9.17, 15) is 24.3 Å². The monoisotopic (exact) mass is 654 g/mol. The second kappa shape index (κ2) is 12.4. The summed E-state index contributed by atoms with van der Waals surface area (Å²) in [4.78, 5) is 55.9. The summed E-state index contributed by atoms with van der Waals surface area (Å²) in [5, 5.41) is 16.5. The number of halogens is 1. The van der Waals surface area contributed by atoms with Crippen LogP contribution in [-0.4, -0.2) is 78.7 Å². The first-order valence-electron chi connectivity index (χ1n) is 16.0. The number of hydrogen-bond donors (Lipinski definition) is 4. The van der Waals surface area contributed by atoms with Crippen molar-refractivity contribution >= 4 is 49.0 Å². The number of ether oxygens (including phenoxy) is 1. The van der Waals surface area contributed by atoms with Gasteiger partial charge in [-0.25, -0.2) is 0 Å². The minimum atomic E-state index is -2.96. The van der Waals surface area contributed by atoms with E-state index in [1.807, 2.05) is 50.3 Å². The Morgan fingerprint density at radius 2 is 1.98 bits per heavy atom. The topological polar surface area (TPSA) is 131 Å². The largest absolute Gasteiger partial charge is 0.432 e. The molecule has 1 spiro atoms. The lowest BCUT2D eigenvalue weighted by atomic mass is 9.82. The molecule has 6 rings (SSSR count). The highest BCUT2D eigenvalue weighted by Crippen LogP contribution is 2.60. The molecule has 4 N–H and O–H groups in total. The maximum absolute atomic E-state index is 14.7. The number of aliphatic hydroxyl groups excluding tert-OH is 1. The van der Waals surface area contributed by atoms with E-state index >= 15 is 0 Å². The first-order chi connectivity index (χ1) is 21.4. The van der Waals surface area contributed by atoms with Gasteiger partial charge in [0.1, 0.15) is 0 Å². The van der Waals surface area contributed by atoms with Gasteiger partial charge >= 0.3 is 0 Å². The van der Waals surface area contributed by atoms with E-state index in [-0.39, 0.29) is 49.4 Å². The molecule has 0 aliphatic carbocycles. The van der Waals surface area contributed by atoms with Crippen LogP contribution in [0.25, 0.3) is 0 Å². The van der Waals surface area contributed by atoms with Gasteiger partial charge in [0.25, 0.3) is 5.91 Å². The van der Waals surface area contributed by atoms with Gasteiger partial charge in [0.15, 0.2) is 13.9 Å². The molecule has 3 fully saturated rings. The van der Waals surface area contributed by atoms with Crippen molar-refractivity contribution in [3.8, 4) is 0 Å². The number of hydrogen-bond acceptors (Lipinski definition) is 7. The van der Waals surface area contributed by atoms with Crippen LogP contribution in [0.4, 0.5) is 11.4 Å². The van der Waals surface area contributed by atoms with Crippen molar-refractivity contribution in [1.29, 1.82) is 0 Å². The Kier molecular flexibility index (Phi) is 8.88. The van der Waals surface area contributed by atoms with Gasteiger partial charge in [0.05, 0.1) is 43.4 Å². The number of nitrogens with one attached hydrogen (secondary N) is 2. The van der Waals surface area contributed by atoms with Crippen molar-refractivity contribution in [2.24, 2.45) is 5.92 Å². The number of carbonyl (C=O) groups excluding carboxylic acids is 3. The summed E-state index contributed by atoms with van der Waals surface area (Å²) in [6, 6.07) is 12.4. The molecule has 4 aliphatic heterocycles. The standard InChI is InChI=1S/C33H43ClN4O6Si/c1-20-30(45(2,3)43)28(17-29(40)37-14-6-9-24(37)19-39)44-33(20)25-16-22(34)11-12-27(25)38(32(33)42)18-21-7-4-8-23(15-21)36-31(41)26-10-5-13-35-26/h4,7-8,11-12,15-16,20,24,26,28,30,35,39,43H,5-6,9-10,13-14,17-19H2,1-3H3,(H,36,41)/t20-,24-,26+,28+,30-,33+/m0/s1. The molecule has 3 amide bonds. The van der Waals surface area contributed by atoms with Gasteiger partial charge in [0.2, 0.25) is 11.8 Å². The highest BCUT2D eigenvalue weighted by Gasteiger charge is 2.66. The van der Waals surface area contributed by atoms with Gasteiger partial charge < -0.3 is 35.1 Å². The SMILES string of the molecule is C[C@H]1[C@H]([Si](C)(C)O)[C@@H](CC(=O)N2CCC[C@H]2CO)O[C@]12C(=O)N(Cc1cccc(NC(=O)[C@H]3CCCN3)c1)c1ccc(Cl)cc12. The van der Waals surface area contributed by atoms with Crippen LogP contribution in [0.5, 0.6) is 0 Å². The molecule has 3 saturated heterocycles. The molecule has 4 heterocycles. The summed E-state index contributed by atoms with van der Waals surface area (Å²) in [6.45, 7) is 7.14. The van der Waals surface area contributed by atoms with Crippen LogP contribution in [0.15, 0.2) is 42.5 Å². The Bertz CT molecular complexity index is 1480. The second-order valence-corrected chi connectivity index (χ2v) is 17.9. The average molecular weight is 655 g/mol. The Hall–Kier alpha value is -2.80. The lowest BCUT2D eigenvalue weighted by Crippen LogP contribution is -2.46. The van der Waals surface area contributed by atoms with Crippen molar-refractivity contribution in [3.63, 3.8) is 0 Å². The number of benzene rings is 2. The predicted molar refractivity (Wildman–Crippen MR) is 174 cm³/mol. The Morgan fingerprint density at radius 1 is 1.18 bits per heavy atom. The quantitative estimate of drug-likeness (QED) is 0.319. The molecule has 0 aromatic heterocycles. The summed E-state index contributed by atoms with van der Waals surface area (Å²) in [6.07, 6.45) is 2.68. The summed E-state index contributed by atoms with van der Waals surface area (Å²) in [5.41, 5.74) is 0.956. The van der Waals surface area contributed by atoms with Crippen molar-refractivity contribution in [3.05, 3.63) is 58.6 Å². The number of likely N-dealkylation sites (tertiary alicyclic amines) is 1. The molecular formula is C33H43ClN4O6Si. The number of anilines is 2. The zero-order chi connectivity index (χ0) is 32.1. The fraction of sp³-hybridized carbons (Fsp3) is 0.545. The third-order valence-electron chi connectivity index (χ3n) is 10.1. The van der Waals surface area contributed by atoms with Crippen molar-refractivity contribution in [2.45, 2.75) is 88.0 Å². The molecule has 6 atom stereocenters. The molecule has 0 unspecified atom stereocenters. The Balaban J connectivity index is 1.31. The normalized spacial score (nSPS) is 29.6. The summed E-state index contributed by atoms with van der Waals surface area (Å²) >= 11 is 6.52. The fourth-order valence-electron chi connectivity index (χ4n) is 8.12. The third-order valence-corrected chi connectivity index (χ3v) is 12.9. The minimum Gasteiger partial charge on any atom is -0.432 e. The van der Waals surface area contributed by atoms with Gasteiger partial charge in [-0.1, -0.05) is 30.7 Å². The van der Waals surface area contributed by atoms with E-state index in [1.54, 1.807) is 21.9 Å². The van der Waals surface area contributed by atoms with Gasteiger partial charge in [-0.3, -0.25) is 14.4 Å². The van der Waals surface area contributed by atoms with Crippen LogP contribution in [0.2, 0.25) is 23.7 Å². The maximum Gasteiger partial charge on any atom is 0.264 e. The van der Waals surface area contributed by atoms with E-state index in [2.05, 4.69) is 10.6 Å². The molecule has 242 valence electrons. The lowest BCUT2D eigenvalue weighted by molar-refractivity contribution is -0.150. The van der Waals surface area contributed by atoms with Gasteiger partial charge in [-0.15, -0.1) is 0 Å². The van der Waals surface area contributed by atoms with Crippen LogP contribution in [-0.2, 0) is 31.3 Å². The Labute approximate surface area is 270 Å². The molecule has 4 aliphatic rings. The summed E-state index contributed by atoms with van der Waals surface area (Å²) in [5.74, 6) is -0.905. The zero-order valence-electron chi connectivity index (χ0n) is 26.1. The molecule has 12 heteroatoms. The van der Waals surface area contributed by atoms with Gasteiger partial charge in [-0.05, 0) is 81.2 Å². The van der Waals surface area contributed by atoms with Crippen LogP contribution in [0, 0.1) is 5.92 Å². The number of amides is 3. The van der Waals surface area contributed by atoms with Crippen LogP contribution in [0.3, 0.4) is 0 Å². The van der Waals surface area contributed by atoms with Crippen LogP contribution < -0.4 is 15.5 Å². The third kappa shape index (κ3) is 5.83. The summed E-state index contributed by atoms with van der Waals surface area (Å²) < 4.78 is 6.81. The number of aliphatic hydroxyl groups is 1. The van der Waals surface area contributed by atoms with E-state index in [4.69, 9.17) is 16.3 Å². The van der Waals surface area contributed by atoms with Crippen LogP contribution >= 0.6 is 11.6 Å². The molecule has 10 nitrogen and oxygen atoms in total. The number of nitrogens with zero attached hydrogens (tertiary/aromatic N) is 2. The average Bonchev–Trinajstić information content (AvgIpc) is 3.78. The molecule has 45 heavy (non-hydrogen) atoms. The van der Waals surface area contributed by atoms with Gasteiger partial charge in [0, 0.05) is 34.3 Å². The maximum atomic E-state index is 14.7. The smallest absolute Gasteiger partial charge is 0.264 e. The van der Waals surface area contributed by atoms with Crippen molar-refractivity contribution < 1.29 is 29.0 Å². The molecule has 2 aromatic carbocycles. The van der Waals surface area contributed by atoms with Crippen molar-refractivity contribution in [2.75, 3.05) is 29.9 Å². The van der Waals surface area contributed by atoms with E-state index in [0.29, 0.717) is 28.5 Å². The molecule has 2 aromatic rings. The number of fused-ring (bicyclic) bond motifs is 2. The highest BCUT2D eigenvalue weighted by atomic mass is 35.5. The van der Waals surface area contributed by atoms with E-state index in [0.717, 1.165) is 37.8 Å². The number of rotatable bonds is 8.